The second kappa shape index (κ2) is 6.95. The minimum Gasteiger partial charge on any atom is -0.308 e. The maximum absolute atomic E-state index is 5.18. The van der Waals surface area contributed by atoms with Crippen LogP contribution in [0.2, 0.25) is 0 Å². The van der Waals surface area contributed by atoms with Crippen LogP contribution < -0.4 is 5.32 Å². The van der Waals surface area contributed by atoms with Crippen molar-refractivity contribution in [2.75, 3.05) is 18.1 Å². The fraction of sp³-hybridized carbons (Fsp3) is 0.583. The highest BCUT2D eigenvalue weighted by Gasteiger charge is 2.11. The van der Waals surface area contributed by atoms with Crippen LogP contribution in [0.4, 0.5) is 0 Å². The van der Waals surface area contributed by atoms with E-state index in [9.17, 15) is 0 Å². The molecule has 0 aromatic carbocycles. The molecule has 0 aliphatic heterocycles. The normalized spacial score (nSPS) is 12.4. The lowest BCUT2D eigenvalue weighted by molar-refractivity contribution is 0.586. The molecule has 0 radical (unpaired) electrons. The van der Waals surface area contributed by atoms with Gasteiger partial charge in [0.15, 0.2) is 0 Å². The zero-order valence-corrected chi connectivity index (χ0v) is 11.7. The molecule has 0 spiro atoms. The van der Waals surface area contributed by atoms with E-state index in [2.05, 4.69) is 37.0 Å². The average molecular weight is 254 g/mol. The standard InChI is InChI=1S/C12H18N2S2/c1-5-7-15-8-6-13-9(2)12-10(3)16-11(4)14-12/h1,9,13H,6-8H2,2-4H3. The zero-order valence-electron chi connectivity index (χ0n) is 10.0. The van der Waals surface area contributed by atoms with Gasteiger partial charge in [0.1, 0.15) is 0 Å². The number of terminal acetylenes is 1. The van der Waals surface area contributed by atoms with E-state index in [-0.39, 0.29) is 0 Å². The topological polar surface area (TPSA) is 24.9 Å². The van der Waals surface area contributed by atoms with Gasteiger partial charge in [-0.3, -0.25) is 0 Å². The molecule has 0 aliphatic carbocycles. The van der Waals surface area contributed by atoms with Crippen molar-refractivity contribution in [2.45, 2.75) is 26.8 Å². The fourth-order valence-corrected chi connectivity index (χ4v) is 2.96. The summed E-state index contributed by atoms with van der Waals surface area (Å²) in [6, 6.07) is 0.330. The third-order valence-electron chi connectivity index (χ3n) is 2.23. The first-order chi connectivity index (χ1) is 7.65. The van der Waals surface area contributed by atoms with Gasteiger partial charge in [-0.05, 0) is 20.8 Å². The number of rotatable bonds is 6. The molecule has 0 saturated carbocycles. The second-order valence-corrected chi connectivity index (χ2v) is 6.12. The third-order valence-corrected chi connectivity index (χ3v) is 4.00. The largest absolute Gasteiger partial charge is 0.308 e. The molecule has 0 bridgehead atoms. The van der Waals surface area contributed by atoms with E-state index in [0.717, 1.165) is 23.1 Å². The van der Waals surface area contributed by atoms with Crippen LogP contribution in [0.5, 0.6) is 0 Å². The molecule has 0 saturated heterocycles. The predicted molar refractivity (Wildman–Crippen MR) is 74.2 cm³/mol. The van der Waals surface area contributed by atoms with Gasteiger partial charge in [0.2, 0.25) is 0 Å². The number of hydrogen-bond donors (Lipinski definition) is 1. The SMILES string of the molecule is C#CCSCCNC(C)c1nc(C)sc1C. The zero-order chi connectivity index (χ0) is 12.0. The van der Waals surface area contributed by atoms with E-state index < -0.39 is 0 Å². The lowest BCUT2D eigenvalue weighted by Crippen LogP contribution is -2.22. The Balaban J connectivity index is 2.33. The number of aromatic nitrogens is 1. The molecule has 88 valence electrons. The molecular formula is C12H18N2S2. The van der Waals surface area contributed by atoms with Crippen molar-refractivity contribution >= 4 is 23.1 Å². The van der Waals surface area contributed by atoms with Crippen LogP contribution in [-0.2, 0) is 0 Å². The molecular weight excluding hydrogens is 236 g/mol. The highest BCUT2D eigenvalue weighted by molar-refractivity contribution is 7.99. The molecule has 1 aromatic rings. The third kappa shape index (κ3) is 4.17. The predicted octanol–water partition coefficient (Wildman–Crippen LogP) is 2.78. The summed E-state index contributed by atoms with van der Waals surface area (Å²) in [6.07, 6.45) is 5.18. The summed E-state index contributed by atoms with van der Waals surface area (Å²) in [6.45, 7) is 7.32. The number of nitrogens with zero attached hydrogens (tertiary/aromatic N) is 1. The number of nitrogens with one attached hydrogen (secondary N) is 1. The van der Waals surface area contributed by atoms with E-state index in [1.165, 1.54) is 10.6 Å². The molecule has 0 fully saturated rings. The van der Waals surface area contributed by atoms with Crippen molar-refractivity contribution in [1.82, 2.24) is 10.3 Å². The van der Waals surface area contributed by atoms with Crippen molar-refractivity contribution in [3.8, 4) is 12.3 Å². The molecule has 0 amide bonds. The van der Waals surface area contributed by atoms with E-state index in [0.29, 0.717) is 6.04 Å². The minimum atomic E-state index is 0.330. The quantitative estimate of drug-likeness (QED) is 0.624. The first kappa shape index (κ1) is 13.6. The summed E-state index contributed by atoms with van der Waals surface area (Å²) in [4.78, 5) is 5.86. The molecule has 1 unspecified atom stereocenters. The smallest absolute Gasteiger partial charge is 0.0900 e. The molecule has 16 heavy (non-hydrogen) atoms. The average Bonchev–Trinajstić information content (AvgIpc) is 2.57. The van der Waals surface area contributed by atoms with Gasteiger partial charge in [-0.2, -0.15) is 0 Å². The van der Waals surface area contributed by atoms with Gasteiger partial charge in [-0.25, -0.2) is 4.98 Å². The van der Waals surface area contributed by atoms with Crippen LogP contribution in [0.25, 0.3) is 0 Å². The monoisotopic (exact) mass is 254 g/mol. The van der Waals surface area contributed by atoms with Gasteiger partial charge in [0.25, 0.3) is 0 Å². The van der Waals surface area contributed by atoms with Gasteiger partial charge in [0.05, 0.1) is 16.5 Å². The summed E-state index contributed by atoms with van der Waals surface area (Å²) >= 11 is 3.55. The number of thiazole rings is 1. The highest BCUT2D eigenvalue weighted by atomic mass is 32.2. The Morgan fingerprint density at radius 1 is 1.56 bits per heavy atom. The Labute approximate surface area is 106 Å². The van der Waals surface area contributed by atoms with Gasteiger partial charge in [-0.15, -0.1) is 29.5 Å². The lowest BCUT2D eigenvalue weighted by atomic mass is 10.2. The minimum absolute atomic E-state index is 0.330. The van der Waals surface area contributed by atoms with Gasteiger partial charge >= 0.3 is 0 Å². The van der Waals surface area contributed by atoms with Crippen LogP contribution in [0, 0.1) is 26.2 Å². The van der Waals surface area contributed by atoms with Crippen LogP contribution in [0.3, 0.4) is 0 Å². The van der Waals surface area contributed by atoms with Crippen molar-refractivity contribution in [2.24, 2.45) is 0 Å². The first-order valence-electron chi connectivity index (χ1n) is 5.33. The molecule has 1 N–H and O–H groups in total. The Bertz CT molecular complexity index is 366. The summed E-state index contributed by atoms with van der Waals surface area (Å²) in [5.41, 5.74) is 1.18. The van der Waals surface area contributed by atoms with E-state index in [1.54, 1.807) is 23.1 Å². The first-order valence-corrected chi connectivity index (χ1v) is 7.30. The molecule has 1 rings (SSSR count). The number of thioether (sulfide) groups is 1. The second-order valence-electron chi connectivity index (χ2n) is 3.61. The maximum Gasteiger partial charge on any atom is 0.0900 e. The summed E-state index contributed by atoms with van der Waals surface area (Å²) in [7, 11) is 0. The molecule has 1 atom stereocenters. The van der Waals surface area contributed by atoms with Crippen molar-refractivity contribution in [3.05, 3.63) is 15.6 Å². The van der Waals surface area contributed by atoms with Gasteiger partial charge < -0.3 is 5.32 Å². The van der Waals surface area contributed by atoms with E-state index in [4.69, 9.17) is 6.42 Å². The molecule has 1 aromatic heterocycles. The molecule has 1 heterocycles. The molecule has 2 nitrogen and oxygen atoms in total. The van der Waals surface area contributed by atoms with Gasteiger partial charge in [-0.1, -0.05) is 5.92 Å². The summed E-state index contributed by atoms with van der Waals surface area (Å²) in [5, 5.41) is 4.61. The van der Waals surface area contributed by atoms with Crippen molar-refractivity contribution < 1.29 is 0 Å². The molecule has 0 aliphatic rings. The van der Waals surface area contributed by atoms with E-state index >= 15 is 0 Å². The van der Waals surface area contributed by atoms with Crippen LogP contribution in [-0.4, -0.2) is 23.0 Å². The highest BCUT2D eigenvalue weighted by Crippen LogP contribution is 2.22. The Kier molecular flexibility index (Phi) is 5.89. The Hall–Kier alpha value is -0.500. The summed E-state index contributed by atoms with van der Waals surface area (Å²) < 4.78 is 0. The van der Waals surface area contributed by atoms with Gasteiger partial charge in [0, 0.05) is 23.2 Å². The Morgan fingerprint density at radius 2 is 2.31 bits per heavy atom. The molecule has 4 heteroatoms. The maximum atomic E-state index is 5.18. The fourth-order valence-electron chi connectivity index (χ4n) is 1.52. The van der Waals surface area contributed by atoms with E-state index in [1.807, 2.05) is 0 Å². The van der Waals surface area contributed by atoms with Crippen molar-refractivity contribution in [3.63, 3.8) is 0 Å². The summed E-state index contributed by atoms with van der Waals surface area (Å²) in [5.74, 6) is 4.47. The lowest BCUT2D eigenvalue weighted by Gasteiger charge is -2.11. The van der Waals surface area contributed by atoms with Crippen LogP contribution in [0.15, 0.2) is 0 Å². The van der Waals surface area contributed by atoms with Crippen LogP contribution in [0.1, 0.15) is 28.5 Å². The van der Waals surface area contributed by atoms with Crippen LogP contribution >= 0.6 is 23.1 Å². The number of hydrogen-bond acceptors (Lipinski definition) is 4. The number of aryl methyl sites for hydroxylation is 2. The Morgan fingerprint density at radius 3 is 2.88 bits per heavy atom. The van der Waals surface area contributed by atoms with Crippen molar-refractivity contribution in [1.29, 1.82) is 0 Å².